The van der Waals surface area contributed by atoms with E-state index in [0.717, 1.165) is 17.8 Å². The third-order valence-corrected chi connectivity index (χ3v) is 5.05. The molecule has 1 aromatic rings. The van der Waals surface area contributed by atoms with Gasteiger partial charge in [0.2, 0.25) is 0 Å². The summed E-state index contributed by atoms with van der Waals surface area (Å²) in [5, 5.41) is 0. The molecule has 0 radical (unpaired) electrons. The highest BCUT2D eigenvalue weighted by molar-refractivity contribution is 5.45. The summed E-state index contributed by atoms with van der Waals surface area (Å²) in [7, 11) is 0. The number of hydrogen-bond donors (Lipinski definition) is 0. The van der Waals surface area contributed by atoms with Crippen LogP contribution in [0.5, 0.6) is 0 Å². The lowest BCUT2D eigenvalue weighted by Gasteiger charge is -2.38. The Kier molecular flexibility index (Phi) is 1.60. The topological polar surface area (TPSA) is 0 Å². The van der Waals surface area contributed by atoms with E-state index in [2.05, 4.69) is 18.2 Å². The van der Waals surface area contributed by atoms with Gasteiger partial charge in [-0.05, 0) is 66.5 Å². The largest absolute Gasteiger partial charge is 0.0617 e. The molecule has 1 fully saturated rings. The van der Waals surface area contributed by atoms with Crippen molar-refractivity contribution in [1.29, 1.82) is 0 Å². The molecule has 0 bridgehead atoms. The Labute approximate surface area is 91.7 Å². The van der Waals surface area contributed by atoms with Crippen molar-refractivity contribution in [3.63, 3.8) is 0 Å². The summed E-state index contributed by atoms with van der Waals surface area (Å²) >= 11 is 0. The van der Waals surface area contributed by atoms with E-state index >= 15 is 0 Å². The lowest BCUT2D eigenvalue weighted by molar-refractivity contribution is 0.214. The quantitative estimate of drug-likeness (QED) is 0.596. The first-order chi connectivity index (χ1) is 7.43. The van der Waals surface area contributed by atoms with Crippen molar-refractivity contribution < 1.29 is 0 Å². The number of hydrogen-bond acceptors (Lipinski definition) is 0. The maximum atomic E-state index is 2.39. The molecule has 1 saturated carbocycles. The molecule has 0 N–H and O–H groups in total. The van der Waals surface area contributed by atoms with Crippen molar-refractivity contribution in [3.8, 4) is 0 Å². The van der Waals surface area contributed by atoms with Crippen LogP contribution in [0.1, 0.15) is 48.3 Å². The second-order valence-electron chi connectivity index (χ2n) is 5.71. The molecule has 78 valence electrons. The first-order valence-electron chi connectivity index (χ1n) is 6.54. The smallest absolute Gasteiger partial charge is 0.00965 e. The minimum absolute atomic E-state index is 0.971. The van der Waals surface area contributed by atoms with E-state index in [-0.39, 0.29) is 0 Å². The minimum Gasteiger partial charge on any atom is -0.0617 e. The molecule has 0 aliphatic heterocycles. The van der Waals surface area contributed by atoms with Gasteiger partial charge < -0.3 is 0 Å². The molecule has 3 atom stereocenters. The average Bonchev–Trinajstić information content (AvgIpc) is 2.66. The third kappa shape index (κ3) is 1.03. The fourth-order valence-electron chi connectivity index (χ4n) is 4.52. The molecule has 0 heteroatoms. The lowest BCUT2D eigenvalue weighted by atomic mass is 9.66. The van der Waals surface area contributed by atoms with Gasteiger partial charge >= 0.3 is 0 Å². The van der Waals surface area contributed by atoms with Crippen molar-refractivity contribution in [2.24, 2.45) is 11.8 Å². The summed E-state index contributed by atoms with van der Waals surface area (Å²) in [6, 6.07) is 7.05. The predicted molar refractivity (Wildman–Crippen MR) is 62.0 cm³/mol. The van der Waals surface area contributed by atoms with Crippen LogP contribution in [-0.4, -0.2) is 0 Å². The van der Waals surface area contributed by atoms with Gasteiger partial charge in [0.05, 0.1) is 0 Å². The Morgan fingerprint density at radius 3 is 2.80 bits per heavy atom. The zero-order valence-electron chi connectivity index (χ0n) is 9.21. The van der Waals surface area contributed by atoms with Crippen molar-refractivity contribution in [3.05, 3.63) is 34.9 Å². The zero-order valence-corrected chi connectivity index (χ0v) is 9.21. The molecule has 4 rings (SSSR count). The highest BCUT2D eigenvalue weighted by atomic mass is 14.5. The van der Waals surface area contributed by atoms with E-state index in [9.17, 15) is 0 Å². The van der Waals surface area contributed by atoms with Gasteiger partial charge in [0.25, 0.3) is 0 Å². The van der Waals surface area contributed by atoms with Crippen molar-refractivity contribution >= 4 is 0 Å². The molecule has 0 heterocycles. The summed E-state index contributed by atoms with van der Waals surface area (Å²) in [6.45, 7) is 0. The van der Waals surface area contributed by atoms with Crippen LogP contribution in [0.4, 0.5) is 0 Å². The van der Waals surface area contributed by atoms with Gasteiger partial charge in [-0.3, -0.25) is 0 Å². The monoisotopic (exact) mass is 198 g/mol. The van der Waals surface area contributed by atoms with Gasteiger partial charge in [-0.25, -0.2) is 0 Å². The second-order valence-corrected chi connectivity index (χ2v) is 5.71. The van der Waals surface area contributed by atoms with E-state index in [1.54, 1.807) is 16.7 Å². The normalized spacial score (nSPS) is 36.4. The predicted octanol–water partition coefficient (Wildman–Crippen LogP) is 3.69. The summed E-state index contributed by atoms with van der Waals surface area (Å²) in [4.78, 5) is 0. The summed E-state index contributed by atoms with van der Waals surface area (Å²) in [6.07, 6.45) is 8.72. The molecule has 3 aliphatic rings. The number of rotatable bonds is 0. The van der Waals surface area contributed by atoms with Crippen molar-refractivity contribution in [1.82, 2.24) is 0 Å². The fraction of sp³-hybridized carbons (Fsp3) is 0.600. The van der Waals surface area contributed by atoms with Crippen LogP contribution < -0.4 is 0 Å². The summed E-state index contributed by atoms with van der Waals surface area (Å²) < 4.78 is 0. The van der Waals surface area contributed by atoms with Gasteiger partial charge in [0, 0.05) is 0 Å². The minimum atomic E-state index is 0.971. The lowest BCUT2D eigenvalue weighted by Crippen LogP contribution is -2.27. The third-order valence-electron chi connectivity index (χ3n) is 5.05. The molecular weight excluding hydrogens is 180 g/mol. The Bertz CT molecular complexity index is 404. The molecule has 3 aliphatic carbocycles. The van der Waals surface area contributed by atoms with E-state index in [1.165, 1.54) is 38.5 Å². The van der Waals surface area contributed by atoms with Crippen molar-refractivity contribution in [2.45, 2.75) is 44.4 Å². The fourth-order valence-corrected chi connectivity index (χ4v) is 4.52. The number of aryl methyl sites for hydroxylation is 1. The Balaban J connectivity index is 1.92. The van der Waals surface area contributed by atoms with Crippen LogP contribution in [0, 0.1) is 11.8 Å². The first-order valence-corrected chi connectivity index (χ1v) is 6.54. The van der Waals surface area contributed by atoms with Crippen LogP contribution in [0.25, 0.3) is 0 Å². The van der Waals surface area contributed by atoms with Gasteiger partial charge in [-0.2, -0.15) is 0 Å². The molecule has 0 amide bonds. The molecule has 0 saturated heterocycles. The Hall–Kier alpha value is -0.780. The molecule has 15 heavy (non-hydrogen) atoms. The SMILES string of the molecule is c1cc2c3c(c1)C[C@H]1CCC[C@H](CC2)[C@H]31. The molecule has 0 unspecified atom stereocenters. The van der Waals surface area contributed by atoms with Gasteiger partial charge in [-0.1, -0.05) is 24.6 Å². The Morgan fingerprint density at radius 1 is 0.933 bits per heavy atom. The van der Waals surface area contributed by atoms with E-state index in [4.69, 9.17) is 0 Å². The van der Waals surface area contributed by atoms with E-state index in [0.29, 0.717) is 0 Å². The highest BCUT2D eigenvalue weighted by Gasteiger charge is 2.42. The second kappa shape index (κ2) is 2.87. The van der Waals surface area contributed by atoms with Crippen LogP contribution in [0.15, 0.2) is 18.2 Å². The maximum absolute atomic E-state index is 2.39. The molecule has 1 aromatic carbocycles. The number of benzene rings is 1. The molecule has 0 spiro atoms. The summed E-state index contributed by atoms with van der Waals surface area (Å²) in [5.74, 6) is 3.03. The van der Waals surface area contributed by atoms with E-state index < -0.39 is 0 Å². The summed E-state index contributed by atoms with van der Waals surface area (Å²) in [5.41, 5.74) is 5.20. The zero-order chi connectivity index (χ0) is 9.83. The highest BCUT2D eigenvalue weighted by Crippen LogP contribution is 2.54. The van der Waals surface area contributed by atoms with Gasteiger partial charge in [0.1, 0.15) is 0 Å². The molecular formula is C15H18. The maximum Gasteiger partial charge on any atom is -0.00965 e. The Morgan fingerprint density at radius 2 is 1.80 bits per heavy atom. The van der Waals surface area contributed by atoms with Crippen LogP contribution >= 0.6 is 0 Å². The standard InChI is InChI=1S/C15H18/c1-3-10-7-8-11-4-2-6-13-9-12(5-1)14(10)15(11)13/h1,3,5,11,13,15H,2,4,6-9H2/t11-,13-,15+/m1/s1. The van der Waals surface area contributed by atoms with E-state index in [1.807, 2.05) is 0 Å². The molecule has 0 aromatic heterocycles. The van der Waals surface area contributed by atoms with Crippen LogP contribution in [0.2, 0.25) is 0 Å². The average molecular weight is 198 g/mol. The van der Waals surface area contributed by atoms with Crippen LogP contribution in [-0.2, 0) is 12.8 Å². The van der Waals surface area contributed by atoms with Gasteiger partial charge in [0.15, 0.2) is 0 Å². The first kappa shape index (κ1) is 8.38. The van der Waals surface area contributed by atoms with Crippen LogP contribution in [0.3, 0.4) is 0 Å². The van der Waals surface area contributed by atoms with Gasteiger partial charge in [-0.15, -0.1) is 0 Å². The van der Waals surface area contributed by atoms with Crippen molar-refractivity contribution in [2.75, 3.05) is 0 Å². The molecule has 0 nitrogen and oxygen atoms in total.